The molecule has 0 aromatic carbocycles. The third-order valence-electron chi connectivity index (χ3n) is 4.80. The van der Waals surface area contributed by atoms with E-state index in [-0.39, 0.29) is 17.7 Å². The summed E-state index contributed by atoms with van der Waals surface area (Å²) in [5, 5.41) is 8.40. The van der Waals surface area contributed by atoms with Gasteiger partial charge in [0.05, 0.1) is 4.88 Å². The number of hydrogen-bond donors (Lipinski definition) is 2. The average molecular weight is 335 g/mol. The van der Waals surface area contributed by atoms with Crippen molar-refractivity contribution in [3.8, 4) is 0 Å². The van der Waals surface area contributed by atoms with Crippen LogP contribution in [0.15, 0.2) is 17.5 Å². The Morgan fingerprint density at radius 1 is 1.30 bits per heavy atom. The molecule has 2 saturated heterocycles. The van der Waals surface area contributed by atoms with Crippen LogP contribution in [-0.4, -0.2) is 47.9 Å². The second kappa shape index (κ2) is 7.01. The molecule has 126 valence electrons. The first-order valence-corrected chi connectivity index (χ1v) is 9.31. The van der Waals surface area contributed by atoms with E-state index in [1.54, 1.807) is 6.07 Å². The number of carbonyl (C=O) groups is 2. The van der Waals surface area contributed by atoms with Gasteiger partial charge in [-0.2, -0.15) is 0 Å². The van der Waals surface area contributed by atoms with Gasteiger partial charge in [0.1, 0.15) is 6.04 Å². The lowest BCUT2D eigenvalue weighted by Gasteiger charge is -2.30. The predicted octanol–water partition coefficient (Wildman–Crippen LogP) is 1.86. The van der Waals surface area contributed by atoms with Gasteiger partial charge >= 0.3 is 0 Å². The van der Waals surface area contributed by atoms with Crippen molar-refractivity contribution in [3.05, 3.63) is 22.4 Å². The fraction of sp³-hybridized carbons (Fsp3) is 0.647. The SMILES string of the molecule is CC(C)C(NC(=O)c1cccs1)C(=O)N1CCC2CCC(C1)N2. The minimum absolute atomic E-state index is 0.0549. The fourth-order valence-corrected chi connectivity index (χ4v) is 4.10. The van der Waals surface area contributed by atoms with Crippen LogP contribution < -0.4 is 10.6 Å². The molecular weight excluding hydrogens is 310 g/mol. The zero-order valence-corrected chi connectivity index (χ0v) is 14.6. The second-order valence-corrected chi connectivity index (χ2v) is 7.83. The van der Waals surface area contributed by atoms with Gasteiger partial charge in [-0.05, 0) is 36.6 Å². The van der Waals surface area contributed by atoms with Crippen molar-refractivity contribution in [1.82, 2.24) is 15.5 Å². The number of nitrogens with one attached hydrogen (secondary N) is 2. The number of hydrogen-bond acceptors (Lipinski definition) is 4. The predicted molar refractivity (Wildman–Crippen MR) is 91.6 cm³/mol. The summed E-state index contributed by atoms with van der Waals surface area (Å²) in [6.07, 6.45) is 3.36. The molecule has 1 aromatic rings. The summed E-state index contributed by atoms with van der Waals surface area (Å²) in [6, 6.07) is 4.14. The lowest BCUT2D eigenvalue weighted by Crippen LogP contribution is -2.52. The molecule has 1 aromatic heterocycles. The number of nitrogens with zero attached hydrogens (tertiary/aromatic N) is 1. The summed E-state index contributed by atoms with van der Waals surface area (Å²) >= 11 is 1.40. The van der Waals surface area contributed by atoms with E-state index >= 15 is 0 Å². The van der Waals surface area contributed by atoms with Crippen molar-refractivity contribution in [2.24, 2.45) is 5.92 Å². The number of thiophene rings is 1. The number of fused-ring (bicyclic) bond motifs is 2. The highest BCUT2D eigenvalue weighted by Crippen LogP contribution is 2.21. The zero-order valence-electron chi connectivity index (χ0n) is 13.7. The smallest absolute Gasteiger partial charge is 0.262 e. The molecule has 2 aliphatic heterocycles. The molecular formula is C17H25N3O2S. The quantitative estimate of drug-likeness (QED) is 0.883. The lowest BCUT2D eigenvalue weighted by atomic mass is 10.0. The highest BCUT2D eigenvalue weighted by molar-refractivity contribution is 7.12. The fourth-order valence-electron chi connectivity index (χ4n) is 3.47. The van der Waals surface area contributed by atoms with E-state index in [1.165, 1.54) is 17.8 Å². The van der Waals surface area contributed by atoms with Crippen LogP contribution in [0, 0.1) is 5.92 Å². The van der Waals surface area contributed by atoms with Crippen molar-refractivity contribution in [3.63, 3.8) is 0 Å². The van der Waals surface area contributed by atoms with Gasteiger partial charge in [0.15, 0.2) is 0 Å². The minimum atomic E-state index is -0.457. The molecule has 6 heteroatoms. The first-order chi connectivity index (χ1) is 11.0. The maximum Gasteiger partial charge on any atom is 0.262 e. The van der Waals surface area contributed by atoms with E-state index in [4.69, 9.17) is 0 Å². The number of rotatable bonds is 4. The molecule has 3 atom stereocenters. The summed E-state index contributed by atoms with van der Waals surface area (Å²) in [4.78, 5) is 27.9. The van der Waals surface area contributed by atoms with E-state index in [0.717, 1.165) is 25.9 Å². The van der Waals surface area contributed by atoms with Gasteiger partial charge in [-0.1, -0.05) is 19.9 Å². The molecule has 2 aliphatic rings. The van der Waals surface area contributed by atoms with Crippen molar-refractivity contribution in [2.45, 2.75) is 51.2 Å². The summed E-state index contributed by atoms with van der Waals surface area (Å²) in [7, 11) is 0. The third kappa shape index (κ3) is 3.75. The van der Waals surface area contributed by atoms with Gasteiger partial charge in [-0.15, -0.1) is 11.3 Å². The van der Waals surface area contributed by atoms with Gasteiger partial charge in [0.2, 0.25) is 5.91 Å². The topological polar surface area (TPSA) is 61.4 Å². The van der Waals surface area contributed by atoms with E-state index in [0.29, 0.717) is 17.0 Å². The van der Waals surface area contributed by atoms with Gasteiger partial charge < -0.3 is 15.5 Å². The summed E-state index contributed by atoms with van der Waals surface area (Å²) in [6.45, 7) is 5.51. The Morgan fingerprint density at radius 2 is 2.09 bits per heavy atom. The van der Waals surface area contributed by atoms with Crippen LogP contribution in [0.3, 0.4) is 0 Å². The Bertz CT molecular complexity index is 558. The molecule has 0 saturated carbocycles. The number of likely N-dealkylation sites (tertiary alicyclic amines) is 1. The third-order valence-corrected chi connectivity index (χ3v) is 5.67. The highest BCUT2D eigenvalue weighted by atomic mass is 32.1. The molecule has 2 N–H and O–H groups in total. The standard InChI is InChI=1S/C17H25N3O2S/c1-11(2)15(19-16(21)14-4-3-9-23-14)17(22)20-8-7-12-5-6-13(10-20)18-12/h3-4,9,11-13,15,18H,5-8,10H2,1-2H3,(H,19,21). The Kier molecular flexibility index (Phi) is 5.02. The molecule has 3 unspecified atom stereocenters. The van der Waals surface area contributed by atoms with Crippen molar-refractivity contribution in [1.29, 1.82) is 0 Å². The summed E-state index contributed by atoms with van der Waals surface area (Å²) in [5.41, 5.74) is 0. The van der Waals surface area contributed by atoms with Crippen LogP contribution in [0.5, 0.6) is 0 Å². The normalized spacial score (nSPS) is 25.3. The molecule has 2 bridgehead atoms. The Hall–Kier alpha value is -1.40. The molecule has 0 spiro atoms. The Morgan fingerprint density at radius 3 is 2.78 bits per heavy atom. The van der Waals surface area contributed by atoms with Gasteiger partial charge in [-0.3, -0.25) is 9.59 Å². The van der Waals surface area contributed by atoms with Gasteiger partial charge in [0, 0.05) is 25.2 Å². The molecule has 2 fully saturated rings. The van der Waals surface area contributed by atoms with Crippen molar-refractivity contribution < 1.29 is 9.59 Å². The van der Waals surface area contributed by atoms with E-state index < -0.39 is 6.04 Å². The molecule has 5 nitrogen and oxygen atoms in total. The molecule has 2 amide bonds. The minimum Gasteiger partial charge on any atom is -0.339 e. The average Bonchev–Trinajstić information content (AvgIpc) is 3.13. The largest absolute Gasteiger partial charge is 0.339 e. The van der Waals surface area contributed by atoms with Crippen LogP contribution in [-0.2, 0) is 4.79 Å². The van der Waals surface area contributed by atoms with E-state index in [1.807, 2.05) is 30.2 Å². The monoisotopic (exact) mass is 335 g/mol. The van der Waals surface area contributed by atoms with E-state index in [9.17, 15) is 9.59 Å². The second-order valence-electron chi connectivity index (χ2n) is 6.88. The maximum absolute atomic E-state index is 13.0. The van der Waals surface area contributed by atoms with Crippen LogP contribution in [0.2, 0.25) is 0 Å². The van der Waals surface area contributed by atoms with Crippen LogP contribution in [0.25, 0.3) is 0 Å². The maximum atomic E-state index is 13.0. The summed E-state index contributed by atoms with van der Waals surface area (Å²) in [5.74, 6) is -0.0272. The number of amides is 2. The lowest BCUT2D eigenvalue weighted by molar-refractivity contribution is -0.134. The first kappa shape index (κ1) is 16.5. The van der Waals surface area contributed by atoms with Crippen LogP contribution in [0.1, 0.15) is 42.8 Å². The van der Waals surface area contributed by atoms with E-state index in [2.05, 4.69) is 10.6 Å². The highest BCUT2D eigenvalue weighted by Gasteiger charge is 2.35. The van der Waals surface area contributed by atoms with Crippen LogP contribution >= 0.6 is 11.3 Å². The molecule has 3 rings (SSSR count). The molecule has 3 heterocycles. The molecule has 23 heavy (non-hydrogen) atoms. The van der Waals surface area contributed by atoms with Gasteiger partial charge in [0.25, 0.3) is 5.91 Å². The summed E-state index contributed by atoms with van der Waals surface area (Å²) < 4.78 is 0. The molecule has 0 radical (unpaired) electrons. The van der Waals surface area contributed by atoms with Crippen molar-refractivity contribution >= 4 is 23.2 Å². The Labute approximate surface area is 141 Å². The van der Waals surface area contributed by atoms with Crippen molar-refractivity contribution in [2.75, 3.05) is 13.1 Å². The first-order valence-electron chi connectivity index (χ1n) is 8.44. The molecule has 0 aliphatic carbocycles. The van der Waals surface area contributed by atoms with Crippen LogP contribution in [0.4, 0.5) is 0 Å². The number of carbonyl (C=O) groups excluding carboxylic acids is 2. The zero-order chi connectivity index (χ0) is 16.4. The van der Waals surface area contributed by atoms with Gasteiger partial charge in [-0.25, -0.2) is 0 Å². The Balaban J connectivity index is 1.67.